The monoisotopic (exact) mass is 510 g/mol. The number of H-pyrrole nitrogens is 1. The Kier molecular flexibility index (Phi) is 6.11. The zero-order chi connectivity index (χ0) is 25.3. The first-order valence-electron chi connectivity index (χ1n) is 10.8. The molecule has 0 aliphatic heterocycles. The zero-order valence-corrected chi connectivity index (χ0v) is 19.2. The highest BCUT2D eigenvalue weighted by Gasteiger charge is 2.33. The van der Waals surface area contributed by atoms with E-state index < -0.39 is 22.8 Å². The van der Waals surface area contributed by atoms with Gasteiger partial charge in [-0.1, -0.05) is 41.9 Å². The van der Waals surface area contributed by atoms with Crippen LogP contribution in [0.3, 0.4) is 0 Å². The summed E-state index contributed by atoms with van der Waals surface area (Å²) in [6, 6.07) is 19.3. The van der Waals surface area contributed by atoms with Gasteiger partial charge in [0.1, 0.15) is 11.3 Å². The van der Waals surface area contributed by atoms with E-state index in [4.69, 9.17) is 11.6 Å². The lowest BCUT2D eigenvalue weighted by Gasteiger charge is -2.12. The number of imidazole rings is 1. The zero-order valence-electron chi connectivity index (χ0n) is 18.5. The quantitative estimate of drug-likeness (QED) is 0.243. The average molecular weight is 511 g/mol. The number of alkyl halides is 3. The molecule has 0 spiro atoms. The molecule has 11 heteroatoms. The van der Waals surface area contributed by atoms with Crippen LogP contribution in [-0.4, -0.2) is 25.8 Å². The number of benzene rings is 3. The molecule has 0 aliphatic carbocycles. The Morgan fingerprint density at radius 2 is 1.67 bits per heavy atom. The standard InChI is InChI=1S/C25H18ClF3N6O/c26-20-11-10-18(12-19(20)25(27,28)29)32-24(36)31-17-8-6-16(7-9-17)22-33-21-13-30-35(23(21)34-22)14-15-4-2-1-3-5-15/h1-13H,14H2,(H,33,34)(H2,31,32,36). The molecule has 182 valence electrons. The molecule has 0 atom stereocenters. The normalized spacial score (nSPS) is 11.6. The Labute approximate surface area is 207 Å². The van der Waals surface area contributed by atoms with Crippen LogP contribution in [0.5, 0.6) is 0 Å². The molecular weight excluding hydrogens is 493 g/mol. The van der Waals surface area contributed by atoms with Crippen molar-refractivity contribution in [2.75, 3.05) is 10.6 Å². The molecule has 0 saturated carbocycles. The summed E-state index contributed by atoms with van der Waals surface area (Å²) in [5.41, 5.74) is 2.80. The molecule has 2 amide bonds. The van der Waals surface area contributed by atoms with E-state index in [9.17, 15) is 18.0 Å². The maximum Gasteiger partial charge on any atom is 0.417 e. The second kappa shape index (κ2) is 9.38. The molecule has 3 N–H and O–H groups in total. The fraction of sp³-hybridized carbons (Fsp3) is 0.0800. The Bertz CT molecular complexity index is 1530. The molecule has 5 rings (SSSR count). The smallest absolute Gasteiger partial charge is 0.335 e. The summed E-state index contributed by atoms with van der Waals surface area (Å²) in [5.74, 6) is 0.640. The van der Waals surface area contributed by atoms with Gasteiger partial charge in [-0.15, -0.1) is 0 Å². The van der Waals surface area contributed by atoms with Gasteiger partial charge in [0.15, 0.2) is 5.65 Å². The lowest BCUT2D eigenvalue weighted by molar-refractivity contribution is -0.137. The highest BCUT2D eigenvalue weighted by atomic mass is 35.5. The number of aromatic nitrogens is 4. The summed E-state index contributed by atoms with van der Waals surface area (Å²) < 4.78 is 40.9. The molecule has 0 aliphatic rings. The van der Waals surface area contributed by atoms with Crippen molar-refractivity contribution >= 4 is 40.2 Å². The first kappa shape index (κ1) is 23.4. The average Bonchev–Trinajstić information content (AvgIpc) is 3.43. The van der Waals surface area contributed by atoms with Crippen molar-refractivity contribution in [2.24, 2.45) is 0 Å². The molecule has 0 saturated heterocycles. The van der Waals surface area contributed by atoms with Crippen LogP contribution in [-0.2, 0) is 12.7 Å². The lowest BCUT2D eigenvalue weighted by Crippen LogP contribution is -2.19. The number of carbonyl (C=O) groups is 1. The SMILES string of the molecule is O=C(Nc1ccc(-c2nc3c(cnn3Cc3ccccc3)[nH]2)cc1)Nc1ccc(Cl)c(C(F)(F)F)c1. The summed E-state index contributed by atoms with van der Waals surface area (Å²) in [6.07, 6.45) is -2.91. The second-order valence-electron chi connectivity index (χ2n) is 7.96. The predicted molar refractivity (Wildman–Crippen MR) is 132 cm³/mol. The van der Waals surface area contributed by atoms with Crippen LogP contribution in [0, 0.1) is 0 Å². The number of anilines is 2. The van der Waals surface area contributed by atoms with Gasteiger partial charge in [0.2, 0.25) is 0 Å². The third-order valence-electron chi connectivity index (χ3n) is 5.40. The minimum atomic E-state index is -4.63. The van der Waals surface area contributed by atoms with Crippen LogP contribution >= 0.6 is 11.6 Å². The maximum atomic E-state index is 13.0. The van der Waals surface area contributed by atoms with E-state index in [1.165, 1.54) is 6.07 Å². The summed E-state index contributed by atoms with van der Waals surface area (Å²) in [6.45, 7) is 0.588. The molecule has 0 bridgehead atoms. The van der Waals surface area contributed by atoms with Crippen molar-refractivity contribution in [3.63, 3.8) is 0 Å². The summed E-state index contributed by atoms with van der Waals surface area (Å²) in [7, 11) is 0. The molecule has 3 aromatic carbocycles. The molecule has 0 unspecified atom stereocenters. The van der Waals surface area contributed by atoms with E-state index in [0.29, 0.717) is 18.1 Å². The van der Waals surface area contributed by atoms with Gasteiger partial charge in [-0.05, 0) is 48.0 Å². The Morgan fingerprint density at radius 3 is 2.39 bits per heavy atom. The van der Waals surface area contributed by atoms with E-state index in [1.54, 1.807) is 30.5 Å². The van der Waals surface area contributed by atoms with Crippen molar-refractivity contribution in [3.05, 3.63) is 95.1 Å². The summed E-state index contributed by atoms with van der Waals surface area (Å²) >= 11 is 5.62. The van der Waals surface area contributed by atoms with E-state index in [0.717, 1.165) is 34.4 Å². The van der Waals surface area contributed by atoms with Gasteiger partial charge in [0, 0.05) is 16.9 Å². The number of amides is 2. The van der Waals surface area contributed by atoms with E-state index in [1.807, 2.05) is 35.0 Å². The first-order valence-corrected chi connectivity index (χ1v) is 11.1. The van der Waals surface area contributed by atoms with E-state index >= 15 is 0 Å². The Balaban J connectivity index is 1.27. The van der Waals surface area contributed by atoms with E-state index in [2.05, 4.69) is 25.7 Å². The number of urea groups is 1. The first-order chi connectivity index (χ1) is 17.3. The van der Waals surface area contributed by atoms with E-state index in [-0.39, 0.29) is 5.69 Å². The highest BCUT2D eigenvalue weighted by Crippen LogP contribution is 2.36. The minimum absolute atomic E-state index is 0.0346. The van der Waals surface area contributed by atoms with Crippen LogP contribution in [0.1, 0.15) is 11.1 Å². The van der Waals surface area contributed by atoms with Crippen LogP contribution < -0.4 is 10.6 Å². The van der Waals surface area contributed by atoms with Crippen LogP contribution in [0.25, 0.3) is 22.6 Å². The largest absolute Gasteiger partial charge is 0.417 e. The number of carbonyl (C=O) groups excluding carboxylic acids is 1. The predicted octanol–water partition coefficient (Wildman–Crippen LogP) is 6.79. The maximum absolute atomic E-state index is 13.0. The number of fused-ring (bicyclic) bond motifs is 1. The van der Waals surface area contributed by atoms with Gasteiger partial charge in [0.25, 0.3) is 0 Å². The number of hydrogen-bond donors (Lipinski definition) is 3. The molecule has 0 radical (unpaired) electrons. The van der Waals surface area contributed by atoms with Gasteiger partial charge in [-0.25, -0.2) is 14.5 Å². The van der Waals surface area contributed by atoms with Crippen molar-refractivity contribution in [3.8, 4) is 11.4 Å². The van der Waals surface area contributed by atoms with Gasteiger partial charge in [-0.3, -0.25) is 0 Å². The number of halogens is 4. The highest BCUT2D eigenvalue weighted by molar-refractivity contribution is 6.31. The summed E-state index contributed by atoms with van der Waals surface area (Å²) in [4.78, 5) is 20.2. The fourth-order valence-electron chi connectivity index (χ4n) is 3.68. The molecule has 0 fully saturated rings. The van der Waals surface area contributed by atoms with Gasteiger partial charge >= 0.3 is 12.2 Å². The Morgan fingerprint density at radius 1 is 0.972 bits per heavy atom. The second-order valence-corrected chi connectivity index (χ2v) is 8.37. The van der Waals surface area contributed by atoms with Crippen LogP contribution in [0.2, 0.25) is 5.02 Å². The van der Waals surface area contributed by atoms with Crippen molar-refractivity contribution in [1.82, 2.24) is 19.7 Å². The molecule has 2 aromatic heterocycles. The molecule has 36 heavy (non-hydrogen) atoms. The molecule has 7 nitrogen and oxygen atoms in total. The van der Waals surface area contributed by atoms with Crippen LogP contribution in [0.15, 0.2) is 79.0 Å². The Hall–Kier alpha value is -4.31. The number of hydrogen-bond acceptors (Lipinski definition) is 3. The molecular formula is C25H18ClF3N6O. The van der Waals surface area contributed by atoms with Crippen molar-refractivity contribution in [2.45, 2.75) is 12.7 Å². The van der Waals surface area contributed by atoms with Gasteiger partial charge in [-0.2, -0.15) is 18.3 Å². The number of rotatable bonds is 5. The minimum Gasteiger partial charge on any atom is -0.335 e. The lowest BCUT2D eigenvalue weighted by atomic mass is 10.2. The fourth-order valence-corrected chi connectivity index (χ4v) is 3.91. The third-order valence-corrected chi connectivity index (χ3v) is 5.73. The molecule has 5 aromatic rings. The number of aromatic amines is 1. The number of nitrogens with zero attached hydrogens (tertiary/aromatic N) is 3. The molecule has 2 heterocycles. The van der Waals surface area contributed by atoms with Crippen molar-refractivity contribution in [1.29, 1.82) is 0 Å². The van der Waals surface area contributed by atoms with Crippen LogP contribution in [0.4, 0.5) is 29.3 Å². The topological polar surface area (TPSA) is 87.6 Å². The summed E-state index contributed by atoms with van der Waals surface area (Å²) in [5, 5.41) is 8.92. The third kappa shape index (κ3) is 5.03. The van der Waals surface area contributed by atoms with Crippen molar-refractivity contribution < 1.29 is 18.0 Å². The van der Waals surface area contributed by atoms with Gasteiger partial charge < -0.3 is 15.6 Å². The van der Waals surface area contributed by atoms with Gasteiger partial charge in [0.05, 0.1) is 23.3 Å². The number of nitrogens with one attached hydrogen (secondary N) is 3.